The van der Waals surface area contributed by atoms with Crippen molar-refractivity contribution in [1.29, 1.82) is 0 Å². The molecule has 1 heterocycles. The molecule has 4 nitrogen and oxygen atoms in total. The number of hydrogen-bond donors (Lipinski definition) is 0. The molecule has 0 N–H and O–H groups in total. The van der Waals surface area contributed by atoms with Crippen molar-refractivity contribution in [1.82, 2.24) is 4.90 Å². The summed E-state index contributed by atoms with van der Waals surface area (Å²) in [4.78, 5) is 14.2. The van der Waals surface area contributed by atoms with E-state index in [9.17, 15) is 13.2 Å². The van der Waals surface area contributed by atoms with Crippen LogP contribution in [0.5, 0.6) is 0 Å². The Kier molecular flexibility index (Phi) is 6.03. The Labute approximate surface area is 146 Å². The molecule has 1 aromatic rings. The van der Waals surface area contributed by atoms with Crippen molar-refractivity contribution in [2.24, 2.45) is 0 Å². The molecular formula is C17H22BrNO3S. The molecule has 0 aromatic heterocycles. The monoisotopic (exact) mass is 399 g/mol. The van der Waals surface area contributed by atoms with E-state index in [0.717, 1.165) is 22.0 Å². The van der Waals surface area contributed by atoms with Crippen molar-refractivity contribution in [3.05, 3.63) is 39.9 Å². The van der Waals surface area contributed by atoms with Crippen molar-refractivity contribution >= 4 is 37.8 Å². The molecule has 1 aliphatic rings. The van der Waals surface area contributed by atoms with Crippen LogP contribution in [0.15, 0.2) is 28.7 Å². The fourth-order valence-corrected chi connectivity index (χ4v) is 5.12. The van der Waals surface area contributed by atoms with Gasteiger partial charge >= 0.3 is 0 Å². The van der Waals surface area contributed by atoms with Crippen LogP contribution in [0.2, 0.25) is 0 Å². The van der Waals surface area contributed by atoms with E-state index in [-0.39, 0.29) is 23.5 Å². The Balaban J connectivity index is 2.13. The predicted molar refractivity (Wildman–Crippen MR) is 97.0 cm³/mol. The summed E-state index contributed by atoms with van der Waals surface area (Å²) in [6.07, 6.45) is 4.66. The quantitative estimate of drug-likeness (QED) is 0.714. The number of rotatable bonds is 5. The molecule has 1 fully saturated rings. The second-order valence-corrected chi connectivity index (χ2v) is 9.03. The number of carbonyl (C=O) groups excluding carboxylic acids is 1. The fraction of sp³-hybridized carbons (Fsp3) is 0.471. The van der Waals surface area contributed by atoms with Gasteiger partial charge in [0.05, 0.1) is 11.5 Å². The highest BCUT2D eigenvalue weighted by Crippen LogP contribution is 2.21. The van der Waals surface area contributed by atoms with Gasteiger partial charge in [0.1, 0.15) is 0 Å². The van der Waals surface area contributed by atoms with Crippen LogP contribution in [0.4, 0.5) is 0 Å². The van der Waals surface area contributed by atoms with E-state index in [2.05, 4.69) is 15.9 Å². The van der Waals surface area contributed by atoms with Gasteiger partial charge in [0.15, 0.2) is 9.84 Å². The minimum atomic E-state index is -3.00. The number of halogens is 1. The molecule has 0 aliphatic carbocycles. The number of aryl methyl sites for hydroxylation is 1. The highest BCUT2D eigenvalue weighted by atomic mass is 79.9. The number of nitrogens with zero attached hydrogens (tertiary/aromatic N) is 1. The maximum Gasteiger partial charge on any atom is 0.246 e. The van der Waals surface area contributed by atoms with Gasteiger partial charge < -0.3 is 4.90 Å². The largest absolute Gasteiger partial charge is 0.335 e. The maximum atomic E-state index is 12.5. The van der Waals surface area contributed by atoms with Crippen molar-refractivity contribution < 1.29 is 13.2 Å². The average Bonchev–Trinajstić information content (AvgIpc) is 2.83. The number of benzene rings is 1. The molecule has 0 radical (unpaired) electrons. The van der Waals surface area contributed by atoms with E-state index in [4.69, 9.17) is 0 Å². The lowest BCUT2D eigenvalue weighted by Crippen LogP contribution is -2.40. The lowest BCUT2D eigenvalue weighted by Gasteiger charge is -2.26. The zero-order valence-electron chi connectivity index (χ0n) is 13.5. The van der Waals surface area contributed by atoms with E-state index < -0.39 is 9.84 Å². The third-order valence-corrected chi connectivity index (χ3v) is 6.40. The van der Waals surface area contributed by atoms with Gasteiger partial charge in [-0.1, -0.05) is 35.0 Å². The predicted octanol–water partition coefficient (Wildman–Crippen LogP) is 3.20. The van der Waals surface area contributed by atoms with E-state index in [1.807, 2.05) is 32.0 Å². The van der Waals surface area contributed by atoms with Gasteiger partial charge in [0.2, 0.25) is 5.91 Å². The number of sulfone groups is 1. The zero-order chi connectivity index (χ0) is 17.0. The smallest absolute Gasteiger partial charge is 0.246 e. The summed E-state index contributed by atoms with van der Waals surface area (Å²) in [6.45, 7) is 4.58. The van der Waals surface area contributed by atoms with E-state index in [1.165, 1.54) is 6.08 Å². The molecule has 1 atom stereocenters. The standard InChI is InChI=1S/C17H22BrNO3S/c1-3-9-19(15-8-10-23(21,22)12-15)17(20)7-6-14-5-4-13(2)11-16(14)18/h4-7,11,15H,3,8-10,12H2,1-2H3/b7-6+. The normalized spacial score (nSPS) is 20.0. The molecule has 1 aromatic carbocycles. The number of hydrogen-bond acceptors (Lipinski definition) is 3. The molecule has 1 saturated heterocycles. The van der Waals surface area contributed by atoms with E-state index in [1.54, 1.807) is 11.0 Å². The first-order chi connectivity index (χ1) is 10.8. The van der Waals surface area contributed by atoms with Gasteiger partial charge in [0.25, 0.3) is 0 Å². The molecule has 1 aliphatic heterocycles. The summed E-state index contributed by atoms with van der Waals surface area (Å²) in [6, 6.07) is 5.74. The third-order valence-electron chi connectivity index (χ3n) is 3.96. The molecular weight excluding hydrogens is 378 g/mol. The molecule has 6 heteroatoms. The highest BCUT2D eigenvalue weighted by Gasteiger charge is 2.33. The molecule has 23 heavy (non-hydrogen) atoms. The second kappa shape index (κ2) is 7.62. The van der Waals surface area contributed by atoms with Gasteiger partial charge in [0, 0.05) is 23.1 Å². The van der Waals surface area contributed by atoms with Crippen molar-refractivity contribution in [3.63, 3.8) is 0 Å². The van der Waals surface area contributed by atoms with Gasteiger partial charge in [-0.2, -0.15) is 0 Å². The molecule has 1 unspecified atom stereocenters. The summed E-state index contributed by atoms with van der Waals surface area (Å²) in [7, 11) is -3.00. The fourth-order valence-electron chi connectivity index (χ4n) is 2.76. The first kappa shape index (κ1) is 18.2. The third kappa shape index (κ3) is 4.91. The Morgan fingerprint density at radius 2 is 2.17 bits per heavy atom. The summed E-state index contributed by atoms with van der Waals surface area (Å²) >= 11 is 3.49. The highest BCUT2D eigenvalue weighted by molar-refractivity contribution is 9.10. The molecule has 0 bridgehead atoms. The molecule has 0 saturated carbocycles. The van der Waals surface area contributed by atoms with Gasteiger partial charge in [-0.05, 0) is 43.0 Å². The lowest BCUT2D eigenvalue weighted by atomic mass is 10.1. The van der Waals surface area contributed by atoms with Crippen molar-refractivity contribution in [3.8, 4) is 0 Å². The van der Waals surface area contributed by atoms with Crippen LogP contribution in [-0.2, 0) is 14.6 Å². The Morgan fingerprint density at radius 1 is 1.43 bits per heavy atom. The Morgan fingerprint density at radius 3 is 2.74 bits per heavy atom. The second-order valence-electron chi connectivity index (χ2n) is 5.95. The number of carbonyl (C=O) groups is 1. The Bertz CT molecular complexity index is 713. The SMILES string of the molecule is CCCN(C(=O)/C=C/c1ccc(C)cc1Br)C1CCS(=O)(=O)C1. The van der Waals surface area contributed by atoms with Crippen LogP contribution in [0, 0.1) is 6.92 Å². The lowest BCUT2D eigenvalue weighted by molar-refractivity contribution is -0.127. The molecule has 2 rings (SSSR count). The van der Waals surface area contributed by atoms with Gasteiger partial charge in [-0.15, -0.1) is 0 Å². The first-order valence-electron chi connectivity index (χ1n) is 7.77. The van der Waals surface area contributed by atoms with Crippen molar-refractivity contribution in [2.45, 2.75) is 32.7 Å². The van der Waals surface area contributed by atoms with Crippen LogP contribution < -0.4 is 0 Å². The summed E-state index contributed by atoms with van der Waals surface area (Å²) in [5.74, 6) is 0.139. The average molecular weight is 400 g/mol. The molecule has 1 amide bonds. The van der Waals surface area contributed by atoms with Crippen LogP contribution in [0.25, 0.3) is 6.08 Å². The maximum absolute atomic E-state index is 12.5. The van der Waals surface area contributed by atoms with Crippen LogP contribution >= 0.6 is 15.9 Å². The summed E-state index contributed by atoms with van der Waals surface area (Å²) in [5, 5.41) is 0. The van der Waals surface area contributed by atoms with E-state index >= 15 is 0 Å². The summed E-state index contributed by atoms with van der Waals surface area (Å²) < 4.78 is 24.3. The van der Waals surface area contributed by atoms with Crippen molar-refractivity contribution in [2.75, 3.05) is 18.1 Å². The minimum Gasteiger partial charge on any atom is -0.335 e. The summed E-state index contributed by atoms with van der Waals surface area (Å²) in [5.41, 5.74) is 2.07. The van der Waals surface area contributed by atoms with Gasteiger partial charge in [-0.3, -0.25) is 4.79 Å². The molecule has 0 spiro atoms. The van der Waals surface area contributed by atoms with Crippen LogP contribution in [0.3, 0.4) is 0 Å². The Hall–Kier alpha value is -1.14. The van der Waals surface area contributed by atoms with Gasteiger partial charge in [-0.25, -0.2) is 8.42 Å². The van der Waals surface area contributed by atoms with E-state index in [0.29, 0.717) is 13.0 Å². The first-order valence-corrected chi connectivity index (χ1v) is 10.4. The number of amides is 1. The van der Waals surface area contributed by atoms with Crippen LogP contribution in [0.1, 0.15) is 30.9 Å². The molecule has 126 valence electrons. The topological polar surface area (TPSA) is 54.5 Å². The zero-order valence-corrected chi connectivity index (χ0v) is 15.9. The van der Waals surface area contributed by atoms with Crippen LogP contribution in [-0.4, -0.2) is 43.3 Å². The minimum absolute atomic E-state index is 0.0841.